The number of hydrogen-bond acceptors (Lipinski definition) is 3. The van der Waals surface area contributed by atoms with Crippen molar-refractivity contribution in [3.63, 3.8) is 0 Å². The zero-order valence-electron chi connectivity index (χ0n) is 27.9. The van der Waals surface area contributed by atoms with Gasteiger partial charge in [0.1, 0.15) is 6.10 Å². The van der Waals surface area contributed by atoms with Crippen molar-refractivity contribution in [1.29, 1.82) is 0 Å². The number of aliphatic carboxylic acids is 1. The Morgan fingerprint density at radius 3 is 1.07 bits per heavy atom. The second-order valence-electron chi connectivity index (χ2n) is 12.8. The van der Waals surface area contributed by atoms with Crippen molar-refractivity contribution in [2.45, 2.75) is 225 Å². The molecule has 0 spiro atoms. The summed E-state index contributed by atoms with van der Waals surface area (Å²) in [5, 5.41) is 8.79. The summed E-state index contributed by atoms with van der Waals surface area (Å²) in [5.74, 6) is -0.694. The highest BCUT2D eigenvalue weighted by atomic mass is 16.5. The van der Waals surface area contributed by atoms with E-state index in [2.05, 4.69) is 13.8 Å². The van der Waals surface area contributed by atoms with Gasteiger partial charge in [-0.3, -0.25) is 9.59 Å². The number of carboxylic acid groups (broad SMARTS) is 1. The van der Waals surface area contributed by atoms with Crippen molar-refractivity contribution in [2.24, 2.45) is 0 Å². The zero-order chi connectivity index (χ0) is 30.1. The van der Waals surface area contributed by atoms with Crippen molar-refractivity contribution < 1.29 is 19.4 Å². The fourth-order valence-electron chi connectivity index (χ4n) is 5.83. The fraction of sp³-hybridized carbons (Fsp3) is 0.946. The lowest BCUT2D eigenvalue weighted by Crippen LogP contribution is -2.18. The molecule has 0 saturated heterocycles. The molecule has 0 amide bonds. The second-order valence-corrected chi connectivity index (χ2v) is 12.8. The first kappa shape index (κ1) is 39.9. The van der Waals surface area contributed by atoms with Crippen LogP contribution in [0.2, 0.25) is 0 Å². The molecule has 4 heteroatoms. The molecule has 244 valence electrons. The van der Waals surface area contributed by atoms with Gasteiger partial charge >= 0.3 is 11.9 Å². The first-order valence-corrected chi connectivity index (χ1v) is 18.5. The highest BCUT2D eigenvalue weighted by Gasteiger charge is 2.14. The Labute approximate surface area is 256 Å². The summed E-state index contributed by atoms with van der Waals surface area (Å²) in [4.78, 5) is 23.2. The van der Waals surface area contributed by atoms with Crippen LogP contribution in [-0.2, 0) is 14.3 Å². The molecule has 0 aliphatic rings. The van der Waals surface area contributed by atoms with Gasteiger partial charge in [-0.05, 0) is 38.5 Å². The van der Waals surface area contributed by atoms with E-state index in [9.17, 15) is 9.59 Å². The van der Waals surface area contributed by atoms with Crippen LogP contribution < -0.4 is 0 Å². The minimum Gasteiger partial charge on any atom is -0.481 e. The van der Waals surface area contributed by atoms with Crippen LogP contribution in [0.5, 0.6) is 0 Å². The Morgan fingerprint density at radius 2 is 0.732 bits per heavy atom. The molecule has 0 aromatic heterocycles. The molecular formula is C37H72O4. The third-order valence-corrected chi connectivity index (χ3v) is 8.58. The van der Waals surface area contributed by atoms with E-state index in [0.717, 1.165) is 64.2 Å². The van der Waals surface area contributed by atoms with Crippen LogP contribution >= 0.6 is 0 Å². The maximum absolute atomic E-state index is 12.5. The molecule has 0 heterocycles. The highest BCUT2D eigenvalue weighted by molar-refractivity contribution is 5.69. The Morgan fingerprint density at radius 1 is 0.439 bits per heavy atom. The van der Waals surface area contributed by atoms with Crippen molar-refractivity contribution in [3.05, 3.63) is 0 Å². The fourth-order valence-corrected chi connectivity index (χ4v) is 5.83. The standard InChI is InChI=1S/C37H72O4/c1-3-5-7-9-11-13-14-15-16-17-18-19-20-23-27-31-35(32-28-24-22-25-29-33-36(38)39)41-37(40)34-30-26-21-12-10-8-6-4-2/h35H,3-34H2,1-2H3,(H,38,39). The molecule has 41 heavy (non-hydrogen) atoms. The van der Waals surface area contributed by atoms with E-state index in [-0.39, 0.29) is 18.5 Å². The summed E-state index contributed by atoms with van der Waals surface area (Å²) in [6.07, 6.45) is 38.3. The molecule has 0 aromatic carbocycles. The molecule has 0 aromatic rings. The molecule has 0 rings (SSSR count). The Bertz CT molecular complexity index is 547. The van der Waals surface area contributed by atoms with Gasteiger partial charge < -0.3 is 9.84 Å². The lowest BCUT2D eigenvalue weighted by molar-refractivity contribution is -0.150. The topological polar surface area (TPSA) is 63.6 Å². The second kappa shape index (κ2) is 33.4. The normalized spacial score (nSPS) is 12.0. The summed E-state index contributed by atoms with van der Waals surface area (Å²) in [5.41, 5.74) is 0. The van der Waals surface area contributed by atoms with E-state index in [1.165, 1.54) is 128 Å². The average Bonchev–Trinajstić information content (AvgIpc) is 2.95. The summed E-state index contributed by atoms with van der Waals surface area (Å²) >= 11 is 0. The smallest absolute Gasteiger partial charge is 0.306 e. The van der Waals surface area contributed by atoms with Gasteiger partial charge in [-0.25, -0.2) is 0 Å². The molecule has 1 N–H and O–H groups in total. The first-order chi connectivity index (χ1) is 20.1. The molecule has 0 aliphatic carbocycles. The van der Waals surface area contributed by atoms with Crippen molar-refractivity contribution in [1.82, 2.24) is 0 Å². The number of rotatable bonds is 34. The van der Waals surface area contributed by atoms with Gasteiger partial charge in [-0.1, -0.05) is 168 Å². The molecular weight excluding hydrogens is 508 g/mol. The van der Waals surface area contributed by atoms with Crippen LogP contribution in [0.15, 0.2) is 0 Å². The predicted molar refractivity (Wildman–Crippen MR) is 177 cm³/mol. The van der Waals surface area contributed by atoms with E-state index in [0.29, 0.717) is 6.42 Å². The maximum atomic E-state index is 12.5. The third-order valence-electron chi connectivity index (χ3n) is 8.58. The number of carbonyl (C=O) groups excluding carboxylic acids is 1. The number of hydrogen-bond donors (Lipinski definition) is 1. The lowest BCUT2D eigenvalue weighted by Gasteiger charge is -2.18. The van der Waals surface area contributed by atoms with Crippen molar-refractivity contribution in [3.8, 4) is 0 Å². The van der Waals surface area contributed by atoms with Gasteiger partial charge in [0.05, 0.1) is 0 Å². The number of carbonyl (C=O) groups is 2. The molecule has 0 radical (unpaired) electrons. The van der Waals surface area contributed by atoms with E-state index >= 15 is 0 Å². The van der Waals surface area contributed by atoms with E-state index in [1.54, 1.807) is 0 Å². The van der Waals surface area contributed by atoms with Gasteiger partial charge in [0.2, 0.25) is 0 Å². The summed E-state index contributed by atoms with van der Waals surface area (Å²) < 4.78 is 5.97. The van der Waals surface area contributed by atoms with Gasteiger partial charge in [-0.15, -0.1) is 0 Å². The Kier molecular flexibility index (Phi) is 32.6. The largest absolute Gasteiger partial charge is 0.481 e. The van der Waals surface area contributed by atoms with Crippen LogP contribution in [0.25, 0.3) is 0 Å². The molecule has 1 atom stereocenters. The van der Waals surface area contributed by atoms with Gasteiger partial charge in [0.25, 0.3) is 0 Å². The van der Waals surface area contributed by atoms with E-state index in [1.807, 2.05) is 0 Å². The van der Waals surface area contributed by atoms with Crippen LogP contribution in [-0.4, -0.2) is 23.1 Å². The quantitative estimate of drug-likeness (QED) is 0.0607. The number of carboxylic acids is 1. The van der Waals surface area contributed by atoms with Gasteiger partial charge in [0, 0.05) is 12.8 Å². The number of esters is 1. The van der Waals surface area contributed by atoms with Crippen LogP contribution in [0.1, 0.15) is 219 Å². The van der Waals surface area contributed by atoms with Crippen LogP contribution in [0.4, 0.5) is 0 Å². The van der Waals surface area contributed by atoms with Gasteiger partial charge in [-0.2, -0.15) is 0 Å². The summed E-state index contributed by atoms with van der Waals surface area (Å²) in [6, 6.07) is 0. The summed E-state index contributed by atoms with van der Waals surface area (Å²) in [6.45, 7) is 4.54. The van der Waals surface area contributed by atoms with Crippen LogP contribution in [0.3, 0.4) is 0 Å². The highest BCUT2D eigenvalue weighted by Crippen LogP contribution is 2.19. The monoisotopic (exact) mass is 581 g/mol. The number of ether oxygens (including phenoxy) is 1. The SMILES string of the molecule is CCCCCCCCCCCCCCCCCC(CCCCCCCC(=O)O)OC(=O)CCCCCCCCCC. The van der Waals surface area contributed by atoms with Crippen molar-refractivity contribution in [2.75, 3.05) is 0 Å². The van der Waals surface area contributed by atoms with Gasteiger partial charge in [0.15, 0.2) is 0 Å². The van der Waals surface area contributed by atoms with E-state index in [4.69, 9.17) is 9.84 Å². The molecule has 4 nitrogen and oxygen atoms in total. The Hall–Kier alpha value is -1.06. The van der Waals surface area contributed by atoms with E-state index < -0.39 is 5.97 Å². The summed E-state index contributed by atoms with van der Waals surface area (Å²) in [7, 11) is 0. The molecule has 0 aliphatic heterocycles. The molecule has 0 fully saturated rings. The molecule has 1 unspecified atom stereocenters. The third kappa shape index (κ3) is 33.3. The van der Waals surface area contributed by atoms with Crippen LogP contribution in [0, 0.1) is 0 Å². The molecule has 0 saturated carbocycles. The number of unbranched alkanes of at least 4 members (excludes halogenated alkanes) is 25. The molecule has 0 bridgehead atoms. The Balaban J connectivity index is 3.98. The lowest BCUT2D eigenvalue weighted by atomic mass is 10.0. The minimum absolute atomic E-state index is 0.00315. The zero-order valence-corrected chi connectivity index (χ0v) is 27.9. The predicted octanol–water partition coefficient (Wildman–Crippen LogP) is 12.5. The van der Waals surface area contributed by atoms with Crippen molar-refractivity contribution >= 4 is 11.9 Å². The average molecular weight is 581 g/mol. The first-order valence-electron chi connectivity index (χ1n) is 18.5. The minimum atomic E-state index is -0.697. The maximum Gasteiger partial charge on any atom is 0.306 e.